The number of hydrogen-bond donors (Lipinski definition) is 2. The van der Waals surface area contributed by atoms with Crippen molar-refractivity contribution in [3.05, 3.63) is 29.8 Å². The third-order valence-electron chi connectivity index (χ3n) is 4.13. The van der Waals surface area contributed by atoms with Crippen molar-refractivity contribution in [3.8, 4) is 5.75 Å². The number of likely N-dealkylation sites (tertiary alicyclic amines) is 1. The molecule has 2 atom stereocenters. The molecule has 1 fully saturated rings. The molecule has 1 aliphatic heterocycles. The molecule has 1 aromatic rings. The molecule has 140 valence electrons. The number of amides is 1. The Morgan fingerprint density at radius 3 is 2.80 bits per heavy atom. The molecule has 0 radical (unpaired) electrons. The Kier molecular flexibility index (Phi) is 6.67. The van der Waals surface area contributed by atoms with E-state index in [1.54, 1.807) is 7.11 Å². The summed E-state index contributed by atoms with van der Waals surface area (Å²) in [5, 5.41) is 2.95. The van der Waals surface area contributed by atoms with Gasteiger partial charge in [-0.15, -0.1) is 0 Å². The van der Waals surface area contributed by atoms with E-state index in [0.29, 0.717) is 0 Å². The molecule has 1 aliphatic rings. The van der Waals surface area contributed by atoms with E-state index in [4.69, 9.17) is 15.2 Å². The molecule has 0 spiro atoms. The standard InChI is InChI=1S/C19H31N3O3/c1-19(2,3)25-18(23)21-16-11-15(20)12-22(13-16)9-8-14-6-5-7-17(10-14)24-4/h5-7,10,15-16H,8-9,11-13,20H2,1-4H3,(H,21,23)/t15-,16+/m0/s1. The Morgan fingerprint density at radius 1 is 1.36 bits per heavy atom. The van der Waals surface area contributed by atoms with E-state index in [9.17, 15) is 4.79 Å². The van der Waals surface area contributed by atoms with Gasteiger partial charge in [0.25, 0.3) is 0 Å². The van der Waals surface area contributed by atoms with E-state index in [2.05, 4.69) is 22.3 Å². The van der Waals surface area contributed by atoms with Crippen LogP contribution in [-0.4, -0.2) is 55.4 Å². The molecule has 0 bridgehead atoms. The molecule has 2 rings (SSSR count). The lowest BCUT2D eigenvalue weighted by Gasteiger charge is -2.36. The molecule has 25 heavy (non-hydrogen) atoms. The fourth-order valence-corrected chi connectivity index (χ4v) is 3.11. The molecule has 3 N–H and O–H groups in total. The van der Waals surface area contributed by atoms with Gasteiger partial charge in [0.2, 0.25) is 0 Å². The Morgan fingerprint density at radius 2 is 2.12 bits per heavy atom. The fraction of sp³-hybridized carbons (Fsp3) is 0.632. The number of piperidine rings is 1. The van der Waals surface area contributed by atoms with Crippen LogP contribution in [0.25, 0.3) is 0 Å². The van der Waals surface area contributed by atoms with Gasteiger partial charge in [0.1, 0.15) is 11.4 Å². The predicted octanol–water partition coefficient (Wildman–Crippen LogP) is 2.16. The van der Waals surface area contributed by atoms with Gasteiger partial charge < -0.3 is 20.5 Å². The van der Waals surface area contributed by atoms with Crippen LogP contribution in [-0.2, 0) is 11.2 Å². The van der Waals surface area contributed by atoms with Gasteiger partial charge in [-0.3, -0.25) is 4.90 Å². The largest absolute Gasteiger partial charge is 0.497 e. The quantitative estimate of drug-likeness (QED) is 0.852. The summed E-state index contributed by atoms with van der Waals surface area (Å²) in [5.41, 5.74) is 6.92. The molecule has 6 nitrogen and oxygen atoms in total. The minimum atomic E-state index is -0.493. The summed E-state index contributed by atoms with van der Waals surface area (Å²) in [5.74, 6) is 0.873. The van der Waals surface area contributed by atoms with Crippen LogP contribution >= 0.6 is 0 Å². The summed E-state index contributed by atoms with van der Waals surface area (Å²) >= 11 is 0. The number of hydrogen-bond acceptors (Lipinski definition) is 5. The molecule has 0 aromatic heterocycles. The third kappa shape index (κ3) is 6.92. The number of rotatable bonds is 5. The highest BCUT2D eigenvalue weighted by molar-refractivity contribution is 5.68. The number of ether oxygens (including phenoxy) is 2. The molecule has 1 amide bonds. The molecule has 0 saturated carbocycles. The van der Waals surface area contributed by atoms with Crippen molar-refractivity contribution < 1.29 is 14.3 Å². The minimum Gasteiger partial charge on any atom is -0.497 e. The topological polar surface area (TPSA) is 76.8 Å². The van der Waals surface area contributed by atoms with Gasteiger partial charge >= 0.3 is 6.09 Å². The SMILES string of the molecule is COc1cccc(CCN2C[C@@H](N)C[C@@H](NC(=O)OC(C)(C)C)C2)c1. The Hall–Kier alpha value is -1.79. The second-order valence-corrected chi connectivity index (χ2v) is 7.70. The number of methoxy groups -OCH3 is 1. The minimum absolute atomic E-state index is 0.0175. The number of nitrogens with zero attached hydrogens (tertiary/aromatic N) is 1. The molecular formula is C19H31N3O3. The van der Waals surface area contributed by atoms with Crippen molar-refractivity contribution in [2.75, 3.05) is 26.7 Å². The van der Waals surface area contributed by atoms with Crippen LogP contribution in [0.5, 0.6) is 5.75 Å². The molecule has 6 heteroatoms. The van der Waals surface area contributed by atoms with E-state index in [0.717, 1.165) is 38.2 Å². The zero-order valence-electron chi connectivity index (χ0n) is 15.7. The Bertz CT molecular complexity index is 571. The lowest BCUT2D eigenvalue weighted by atomic mass is 10.0. The summed E-state index contributed by atoms with van der Waals surface area (Å²) in [6.45, 7) is 8.11. The number of carbonyl (C=O) groups is 1. The van der Waals surface area contributed by atoms with E-state index in [1.807, 2.05) is 32.9 Å². The van der Waals surface area contributed by atoms with Crippen LogP contribution in [0.4, 0.5) is 4.79 Å². The highest BCUT2D eigenvalue weighted by Crippen LogP contribution is 2.15. The van der Waals surface area contributed by atoms with E-state index >= 15 is 0 Å². The number of benzene rings is 1. The molecular weight excluding hydrogens is 318 g/mol. The summed E-state index contributed by atoms with van der Waals surface area (Å²) in [6.07, 6.45) is 1.32. The zero-order valence-corrected chi connectivity index (χ0v) is 15.7. The van der Waals surface area contributed by atoms with Gasteiger partial charge in [-0.2, -0.15) is 0 Å². The molecule has 1 heterocycles. The van der Waals surface area contributed by atoms with Gasteiger partial charge in [-0.25, -0.2) is 4.79 Å². The van der Waals surface area contributed by atoms with Gasteiger partial charge in [0, 0.05) is 31.7 Å². The number of nitrogens with two attached hydrogens (primary N) is 1. The number of alkyl carbamates (subject to hydrolysis) is 1. The van der Waals surface area contributed by atoms with Gasteiger partial charge in [0.15, 0.2) is 0 Å². The van der Waals surface area contributed by atoms with E-state index in [1.165, 1.54) is 5.56 Å². The van der Waals surface area contributed by atoms with Crippen LogP contribution in [0.2, 0.25) is 0 Å². The fourth-order valence-electron chi connectivity index (χ4n) is 3.11. The first-order chi connectivity index (χ1) is 11.7. The van der Waals surface area contributed by atoms with E-state index in [-0.39, 0.29) is 18.2 Å². The van der Waals surface area contributed by atoms with Crippen molar-refractivity contribution in [3.63, 3.8) is 0 Å². The molecule has 0 aliphatic carbocycles. The Labute approximate surface area is 150 Å². The smallest absolute Gasteiger partial charge is 0.407 e. The third-order valence-corrected chi connectivity index (χ3v) is 4.13. The molecule has 1 saturated heterocycles. The van der Waals surface area contributed by atoms with Gasteiger partial charge in [-0.1, -0.05) is 12.1 Å². The summed E-state index contributed by atoms with van der Waals surface area (Å²) in [6, 6.07) is 8.18. The zero-order chi connectivity index (χ0) is 18.4. The highest BCUT2D eigenvalue weighted by atomic mass is 16.6. The van der Waals surface area contributed by atoms with Gasteiger partial charge in [0.05, 0.1) is 7.11 Å². The van der Waals surface area contributed by atoms with Crippen molar-refractivity contribution >= 4 is 6.09 Å². The van der Waals surface area contributed by atoms with Crippen LogP contribution in [0.15, 0.2) is 24.3 Å². The average molecular weight is 349 g/mol. The maximum absolute atomic E-state index is 12.0. The van der Waals surface area contributed by atoms with Crippen molar-refractivity contribution in [2.24, 2.45) is 5.73 Å². The number of nitrogens with one attached hydrogen (secondary N) is 1. The maximum Gasteiger partial charge on any atom is 0.407 e. The van der Waals surface area contributed by atoms with Crippen molar-refractivity contribution in [1.29, 1.82) is 0 Å². The highest BCUT2D eigenvalue weighted by Gasteiger charge is 2.27. The first-order valence-corrected chi connectivity index (χ1v) is 8.85. The summed E-state index contributed by atoms with van der Waals surface area (Å²) in [4.78, 5) is 14.3. The summed E-state index contributed by atoms with van der Waals surface area (Å²) < 4.78 is 10.6. The predicted molar refractivity (Wildman–Crippen MR) is 98.9 cm³/mol. The van der Waals surface area contributed by atoms with Crippen molar-refractivity contribution in [1.82, 2.24) is 10.2 Å². The molecule has 0 unspecified atom stereocenters. The monoisotopic (exact) mass is 349 g/mol. The molecule has 1 aromatic carbocycles. The van der Waals surface area contributed by atoms with Crippen LogP contribution in [0.1, 0.15) is 32.8 Å². The lowest BCUT2D eigenvalue weighted by molar-refractivity contribution is 0.0466. The lowest BCUT2D eigenvalue weighted by Crippen LogP contribution is -2.55. The van der Waals surface area contributed by atoms with Crippen molar-refractivity contribution in [2.45, 2.75) is 51.3 Å². The normalized spacial score (nSPS) is 21.6. The maximum atomic E-state index is 12.0. The van der Waals surface area contributed by atoms with Crippen LogP contribution in [0.3, 0.4) is 0 Å². The first-order valence-electron chi connectivity index (χ1n) is 8.85. The summed E-state index contributed by atoms with van der Waals surface area (Å²) in [7, 11) is 1.68. The van der Waals surface area contributed by atoms with Crippen LogP contribution in [0, 0.1) is 0 Å². The van der Waals surface area contributed by atoms with Crippen LogP contribution < -0.4 is 15.8 Å². The van der Waals surface area contributed by atoms with Gasteiger partial charge in [-0.05, 0) is 51.3 Å². The second kappa shape index (κ2) is 8.54. The Balaban J connectivity index is 1.85. The number of carbonyl (C=O) groups excluding carboxylic acids is 1. The first kappa shape index (κ1) is 19.5. The van der Waals surface area contributed by atoms with E-state index < -0.39 is 5.60 Å². The average Bonchev–Trinajstić information content (AvgIpc) is 2.50. The second-order valence-electron chi connectivity index (χ2n) is 7.70.